The van der Waals surface area contributed by atoms with Crippen LogP contribution in [0.5, 0.6) is 0 Å². The van der Waals surface area contributed by atoms with E-state index in [-0.39, 0.29) is 5.82 Å². The molecule has 6 nitrogen and oxygen atoms in total. The zero-order valence-electron chi connectivity index (χ0n) is 8.87. The molecule has 0 saturated heterocycles. The van der Waals surface area contributed by atoms with Crippen molar-refractivity contribution >= 4 is 11.8 Å². The smallest absolute Gasteiger partial charge is 0.374 e. The van der Waals surface area contributed by atoms with E-state index in [1.54, 1.807) is 12.3 Å². The maximum atomic E-state index is 10.7. The van der Waals surface area contributed by atoms with Crippen molar-refractivity contribution in [1.29, 1.82) is 0 Å². The largest absolute Gasteiger partial charge is 0.475 e. The third-order valence-electron chi connectivity index (χ3n) is 2.02. The molecule has 17 heavy (non-hydrogen) atoms. The summed E-state index contributed by atoms with van der Waals surface area (Å²) >= 11 is 0. The quantitative estimate of drug-likeness (QED) is 0.820. The number of aromatic nitrogens is 3. The van der Waals surface area contributed by atoms with Gasteiger partial charge in [0, 0.05) is 12.4 Å². The summed E-state index contributed by atoms with van der Waals surface area (Å²) in [5.74, 6) is -0.912. The normalized spacial score (nSPS) is 9.88. The Morgan fingerprint density at radius 2 is 2.12 bits per heavy atom. The molecule has 0 atom stereocenters. The van der Waals surface area contributed by atoms with Crippen LogP contribution in [0.1, 0.15) is 16.3 Å². The molecule has 86 valence electrons. The Morgan fingerprint density at radius 1 is 1.24 bits per heavy atom. The topological polar surface area (TPSA) is 88.0 Å². The Balaban J connectivity index is 2.04. The van der Waals surface area contributed by atoms with Gasteiger partial charge in [0.05, 0.1) is 12.2 Å². The molecule has 0 saturated carbocycles. The van der Waals surface area contributed by atoms with E-state index >= 15 is 0 Å². The van der Waals surface area contributed by atoms with Crippen LogP contribution in [-0.2, 0) is 6.54 Å². The molecule has 0 amide bonds. The Bertz CT molecular complexity index is 516. The first-order chi connectivity index (χ1) is 8.25. The molecule has 0 aliphatic heterocycles. The highest BCUT2D eigenvalue weighted by Gasteiger charge is 2.06. The fourth-order valence-electron chi connectivity index (χ4n) is 1.24. The van der Waals surface area contributed by atoms with Crippen LogP contribution >= 0.6 is 0 Å². The van der Waals surface area contributed by atoms with Crippen LogP contribution in [0, 0.1) is 0 Å². The van der Waals surface area contributed by atoms with E-state index in [2.05, 4.69) is 20.3 Å². The second-order valence-corrected chi connectivity index (χ2v) is 3.25. The fraction of sp³-hybridized carbons (Fsp3) is 0.0909. The van der Waals surface area contributed by atoms with Gasteiger partial charge in [-0.15, -0.1) is 0 Å². The third-order valence-corrected chi connectivity index (χ3v) is 2.02. The highest BCUT2D eigenvalue weighted by molar-refractivity contribution is 5.83. The minimum Gasteiger partial charge on any atom is -0.475 e. The van der Waals surface area contributed by atoms with Gasteiger partial charge < -0.3 is 10.4 Å². The van der Waals surface area contributed by atoms with Gasteiger partial charge in [0.2, 0.25) is 5.82 Å². The lowest BCUT2D eigenvalue weighted by atomic mass is 10.3. The summed E-state index contributed by atoms with van der Waals surface area (Å²) < 4.78 is 0. The van der Waals surface area contributed by atoms with Crippen molar-refractivity contribution in [3.8, 4) is 0 Å². The number of pyridine rings is 1. The predicted molar refractivity (Wildman–Crippen MR) is 60.6 cm³/mol. The van der Waals surface area contributed by atoms with Crippen molar-refractivity contribution < 1.29 is 9.90 Å². The molecule has 2 rings (SSSR count). The van der Waals surface area contributed by atoms with E-state index in [0.717, 1.165) is 5.69 Å². The lowest BCUT2D eigenvalue weighted by Gasteiger charge is -2.04. The molecule has 0 aliphatic rings. The van der Waals surface area contributed by atoms with Crippen molar-refractivity contribution in [3.05, 3.63) is 48.2 Å². The lowest BCUT2D eigenvalue weighted by molar-refractivity contribution is 0.0683. The molecule has 0 unspecified atom stereocenters. The van der Waals surface area contributed by atoms with Crippen LogP contribution in [0.4, 0.5) is 5.82 Å². The van der Waals surface area contributed by atoms with Crippen LogP contribution in [0.2, 0.25) is 0 Å². The minimum atomic E-state index is -1.15. The molecular formula is C11H10N4O2. The summed E-state index contributed by atoms with van der Waals surface area (Å²) in [6.07, 6.45) is 3.09. The van der Waals surface area contributed by atoms with Gasteiger partial charge in [-0.25, -0.2) is 14.8 Å². The van der Waals surface area contributed by atoms with Crippen LogP contribution in [0.25, 0.3) is 0 Å². The summed E-state index contributed by atoms with van der Waals surface area (Å²) in [4.78, 5) is 22.3. The van der Waals surface area contributed by atoms with E-state index in [1.807, 2.05) is 18.2 Å². The van der Waals surface area contributed by atoms with Gasteiger partial charge in [0.1, 0.15) is 5.82 Å². The SMILES string of the molecule is O=C(O)c1nccc(NCc2ccccn2)n1. The maximum absolute atomic E-state index is 10.7. The second-order valence-electron chi connectivity index (χ2n) is 3.25. The van der Waals surface area contributed by atoms with E-state index < -0.39 is 5.97 Å². The maximum Gasteiger partial charge on any atom is 0.374 e. The van der Waals surface area contributed by atoms with E-state index in [1.165, 1.54) is 6.20 Å². The number of hydrogen-bond donors (Lipinski definition) is 2. The highest BCUT2D eigenvalue weighted by atomic mass is 16.4. The highest BCUT2D eigenvalue weighted by Crippen LogP contribution is 2.04. The number of nitrogens with one attached hydrogen (secondary N) is 1. The Kier molecular flexibility index (Phi) is 3.25. The molecule has 2 N–H and O–H groups in total. The van der Waals surface area contributed by atoms with Gasteiger partial charge in [-0.2, -0.15) is 0 Å². The molecule has 0 bridgehead atoms. The zero-order chi connectivity index (χ0) is 12.1. The summed E-state index contributed by atoms with van der Waals surface area (Å²) in [7, 11) is 0. The number of anilines is 1. The molecule has 0 spiro atoms. The number of hydrogen-bond acceptors (Lipinski definition) is 5. The second kappa shape index (κ2) is 5.02. The van der Waals surface area contributed by atoms with Crippen molar-refractivity contribution in [2.24, 2.45) is 0 Å². The first-order valence-corrected chi connectivity index (χ1v) is 4.96. The van der Waals surface area contributed by atoms with Gasteiger partial charge in [0.15, 0.2) is 0 Å². The lowest BCUT2D eigenvalue weighted by Crippen LogP contribution is -2.08. The Hall–Kier alpha value is -2.50. The van der Waals surface area contributed by atoms with Crippen LogP contribution < -0.4 is 5.32 Å². The van der Waals surface area contributed by atoms with Crippen molar-refractivity contribution in [2.45, 2.75) is 6.54 Å². The summed E-state index contributed by atoms with van der Waals surface area (Å²) in [5.41, 5.74) is 0.850. The summed E-state index contributed by atoms with van der Waals surface area (Å²) in [6.45, 7) is 0.483. The number of carboxylic acids is 1. The molecule has 6 heteroatoms. The van der Waals surface area contributed by atoms with Gasteiger partial charge in [-0.1, -0.05) is 6.07 Å². The average Bonchev–Trinajstić information content (AvgIpc) is 2.38. The first-order valence-electron chi connectivity index (χ1n) is 4.96. The van der Waals surface area contributed by atoms with Crippen molar-refractivity contribution in [3.63, 3.8) is 0 Å². The summed E-state index contributed by atoms with van der Waals surface area (Å²) in [5, 5.41) is 11.7. The van der Waals surface area contributed by atoms with E-state index in [4.69, 9.17) is 5.11 Å². The monoisotopic (exact) mass is 230 g/mol. The molecule has 0 radical (unpaired) electrons. The molecular weight excluding hydrogens is 220 g/mol. The van der Waals surface area contributed by atoms with Crippen LogP contribution in [-0.4, -0.2) is 26.0 Å². The summed E-state index contributed by atoms with van der Waals surface area (Å²) in [6, 6.07) is 7.19. The fourth-order valence-corrected chi connectivity index (χ4v) is 1.24. The van der Waals surface area contributed by atoms with E-state index in [0.29, 0.717) is 12.4 Å². The standard InChI is InChI=1S/C11H10N4O2/c16-11(17)10-13-6-4-9(15-10)14-7-8-3-1-2-5-12-8/h1-6H,7H2,(H,16,17)(H,13,14,15). The number of carboxylic acid groups (broad SMARTS) is 1. The van der Waals surface area contributed by atoms with Gasteiger partial charge >= 0.3 is 5.97 Å². The third kappa shape index (κ3) is 2.97. The number of rotatable bonds is 4. The first kappa shape index (κ1) is 11.0. The molecule has 2 heterocycles. The molecule has 2 aromatic rings. The molecule has 0 aromatic carbocycles. The van der Waals surface area contributed by atoms with Crippen LogP contribution in [0.3, 0.4) is 0 Å². The van der Waals surface area contributed by atoms with E-state index in [9.17, 15) is 4.79 Å². The Morgan fingerprint density at radius 3 is 2.82 bits per heavy atom. The average molecular weight is 230 g/mol. The molecule has 0 fully saturated rings. The Labute approximate surface area is 97.4 Å². The zero-order valence-corrected chi connectivity index (χ0v) is 8.87. The predicted octanol–water partition coefficient (Wildman–Crippen LogP) is 1.18. The molecule has 2 aromatic heterocycles. The molecule has 0 aliphatic carbocycles. The minimum absolute atomic E-state index is 0.226. The number of nitrogens with zero attached hydrogens (tertiary/aromatic N) is 3. The van der Waals surface area contributed by atoms with Gasteiger partial charge in [0.25, 0.3) is 0 Å². The van der Waals surface area contributed by atoms with Crippen molar-refractivity contribution in [1.82, 2.24) is 15.0 Å². The number of carbonyl (C=O) groups is 1. The number of aromatic carboxylic acids is 1. The van der Waals surface area contributed by atoms with Crippen molar-refractivity contribution in [2.75, 3.05) is 5.32 Å². The van der Waals surface area contributed by atoms with Gasteiger partial charge in [-0.05, 0) is 18.2 Å². The van der Waals surface area contributed by atoms with Crippen LogP contribution in [0.15, 0.2) is 36.7 Å². The van der Waals surface area contributed by atoms with Gasteiger partial charge in [-0.3, -0.25) is 4.98 Å².